The minimum absolute atomic E-state index is 0.316. The average Bonchev–Trinajstić information content (AvgIpc) is 2.98. The lowest BCUT2D eigenvalue weighted by Gasteiger charge is -2.21. The summed E-state index contributed by atoms with van der Waals surface area (Å²) < 4.78 is 38.6. The topological polar surface area (TPSA) is 101 Å². The Hall–Kier alpha value is -4.06. The quantitative estimate of drug-likeness (QED) is 0.0771. The van der Waals surface area contributed by atoms with Crippen LogP contribution in [0.15, 0.2) is 135 Å². The van der Waals surface area contributed by atoms with Crippen LogP contribution in [0, 0.1) is 0 Å². The fourth-order valence-corrected chi connectivity index (χ4v) is 6.73. The fraction of sp³-hybridized carbons (Fsp3) is 0.0968. The molecule has 0 aliphatic rings. The van der Waals surface area contributed by atoms with Crippen LogP contribution in [0.5, 0.6) is 11.5 Å². The molecule has 0 spiro atoms. The van der Waals surface area contributed by atoms with Crippen molar-refractivity contribution in [1.82, 2.24) is 10.2 Å². The summed E-state index contributed by atoms with van der Waals surface area (Å²) in [6, 6.07) is 33.3. The molecule has 4 rings (SSSR count). The van der Waals surface area contributed by atoms with Gasteiger partial charge in [-0.1, -0.05) is 72.8 Å². The predicted molar refractivity (Wildman–Crippen MR) is 169 cm³/mol. The Balaban J connectivity index is 1.39. The highest BCUT2D eigenvalue weighted by Crippen LogP contribution is 2.44. The van der Waals surface area contributed by atoms with Crippen LogP contribution in [0.3, 0.4) is 0 Å². The van der Waals surface area contributed by atoms with Crippen LogP contribution in [0.1, 0.15) is 11.1 Å². The van der Waals surface area contributed by atoms with Crippen LogP contribution < -0.4 is 29.4 Å². The van der Waals surface area contributed by atoms with Crippen molar-refractivity contribution in [1.29, 1.82) is 0 Å². The first-order valence-electron chi connectivity index (χ1n) is 13.0. The maximum absolute atomic E-state index is 13.4. The molecule has 0 radical (unpaired) electrons. The van der Waals surface area contributed by atoms with Crippen molar-refractivity contribution < 1.29 is 18.2 Å². The van der Waals surface area contributed by atoms with E-state index in [0.717, 1.165) is 11.1 Å². The van der Waals surface area contributed by atoms with Gasteiger partial charge < -0.3 is 9.05 Å². The van der Waals surface area contributed by atoms with Gasteiger partial charge >= 0.3 is 15.3 Å². The monoisotopic (exact) mass is 588 g/mol. The van der Waals surface area contributed by atoms with Crippen LogP contribution in [0.4, 0.5) is 11.4 Å². The van der Waals surface area contributed by atoms with Crippen LogP contribution in [-0.4, -0.2) is 13.1 Å². The van der Waals surface area contributed by atoms with Crippen molar-refractivity contribution in [3.8, 4) is 11.5 Å². The van der Waals surface area contributed by atoms with Gasteiger partial charge in [-0.3, -0.25) is 10.2 Å². The summed E-state index contributed by atoms with van der Waals surface area (Å²) in [4.78, 5) is 0. The van der Waals surface area contributed by atoms with Gasteiger partial charge in [-0.2, -0.15) is 0 Å². The number of rotatable bonds is 16. The highest BCUT2D eigenvalue weighted by molar-refractivity contribution is 7.59. The van der Waals surface area contributed by atoms with Gasteiger partial charge in [0.05, 0.1) is 0 Å². The maximum atomic E-state index is 13.4. The number of hydrogen-bond acceptors (Lipinski definition) is 4. The molecule has 0 aromatic heterocycles. The lowest BCUT2D eigenvalue weighted by atomic mass is 10.1. The molecule has 0 bridgehead atoms. The molecule has 41 heavy (non-hydrogen) atoms. The normalized spacial score (nSPS) is 13.7. The van der Waals surface area contributed by atoms with Crippen molar-refractivity contribution in [2.75, 3.05) is 23.3 Å². The minimum Gasteiger partial charge on any atom is -0.418 e. The van der Waals surface area contributed by atoms with Gasteiger partial charge in [-0.15, -0.1) is 13.2 Å². The molecule has 2 atom stereocenters. The van der Waals surface area contributed by atoms with Crippen molar-refractivity contribution in [2.24, 2.45) is 0 Å². The Bertz CT molecular complexity index is 1380. The molecule has 0 aliphatic carbocycles. The highest BCUT2D eigenvalue weighted by Gasteiger charge is 2.25. The number of para-hydroxylation sites is 2. The average molecular weight is 589 g/mol. The Labute approximate surface area is 241 Å². The number of anilines is 2. The first-order valence-corrected chi connectivity index (χ1v) is 16.3. The molecule has 2 unspecified atom stereocenters. The van der Waals surface area contributed by atoms with E-state index in [1.165, 1.54) is 0 Å². The zero-order chi connectivity index (χ0) is 29.0. The molecule has 4 aromatic carbocycles. The lowest BCUT2D eigenvalue weighted by Crippen LogP contribution is -2.20. The van der Waals surface area contributed by atoms with E-state index >= 15 is 0 Å². The van der Waals surface area contributed by atoms with E-state index in [0.29, 0.717) is 42.4 Å². The van der Waals surface area contributed by atoms with E-state index in [9.17, 15) is 9.13 Å². The second-order valence-electron chi connectivity index (χ2n) is 9.01. The summed E-state index contributed by atoms with van der Waals surface area (Å²) in [6.07, 6.45) is 3.90. The lowest BCUT2D eigenvalue weighted by molar-refractivity contribution is 0.474. The molecule has 10 heteroatoms. The van der Waals surface area contributed by atoms with E-state index in [-0.39, 0.29) is 0 Å². The van der Waals surface area contributed by atoms with Gasteiger partial charge in [-0.25, -0.2) is 19.3 Å². The standard InChI is InChI=1S/C31H34N4O4P2/c1-3-23-32-40(36,34-28-11-7-5-8-12-28)38-30-19-15-26(16-20-30)25-27-17-21-31(22-18-27)39-41(37,33-24-4-2)35-29-13-9-6-10-14-29/h3-22H,1-2,23-25H2,(H2,32,34,36)(H2,33,35,37). The Morgan fingerprint density at radius 2 is 0.927 bits per heavy atom. The third kappa shape index (κ3) is 9.52. The van der Waals surface area contributed by atoms with Crippen molar-refractivity contribution in [2.45, 2.75) is 6.42 Å². The second kappa shape index (κ2) is 14.5. The van der Waals surface area contributed by atoms with Gasteiger partial charge in [0, 0.05) is 24.5 Å². The first-order chi connectivity index (χ1) is 19.9. The maximum Gasteiger partial charge on any atom is 0.417 e. The van der Waals surface area contributed by atoms with E-state index in [2.05, 4.69) is 33.5 Å². The van der Waals surface area contributed by atoms with E-state index in [4.69, 9.17) is 9.05 Å². The number of benzene rings is 4. The number of hydrogen-bond donors (Lipinski definition) is 4. The second-order valence-corrected chi connectivity index (χ2v) is 12.7. The van der Waals surface area contributed by atoms with Gasteiger partial charge in [0.2, 0.25) is 0 Å². The zero-order valence-electron chi connectivity index (χ0n) is 22.6. The molecule has 212 valence electrons. The molecule has 4 aromatic rings. The third-order valence-electron chi connectivity index (χ3n) is 5.71. The molecule has 8 nitrogen and oxygen atoms in total. The molecule has 0 amide bonds. The van der Waals surface area contributed by atoms with Crippen LogP contribution in [0.2, 0.25) is 0 Å². The fourth-order valence-electron chi connectivity index (χ4n) is 3.79. The Morgan fingerprint density at radius 1 is 0.561 bits per heavy atom. The summed E-state index contributed by atoms with van der Waals surface area (Å²) >= 11 is 0. The molecule has 0 heterocycles. The Morgan fingerprint density at radius 3 is 1.27 bits per heavy atom. The third-order valence-corrected chi connectivity index (χ3v) is 8.95. The van der Waals surface area contributed by atoms with Crippen LogP contribution in [-0.2, 0) is 15.6 Å². The van der Waals surface area contributed by atoms with Gasteiger partial charge in [-0.05, 0) is 66.1 Å². The summed E-state index contributed by atoms with van der Waals surface area (Å²) in [7, 11) is -6.88. The smallest absolute Gasteiger partial charge is 0.417 e. The minimum atomic E-state index is -3.44. The molecule has 0 saturated carbocycles. The van der Waals surface area contributed by atoms with Gasteiger partial charge in [0.25, 0.3) is 0 Å². The van der Waals surface area contributed by atoms with Crippen molar-refractivity contribution in [3.05, 3.63) is 146 Å². The largest absolute Gasteiger partial charge is 0.418 e. The summed E-state index contributed by atoms with van der Waals surface area (Å²) in [5.41, 5.74) is 3.44. The Kier molecular flexibility index (Phi) is 10.6. The van der Waals surface area contributed by atoms with Gasteiger partial charge in [0.1, 0.15) is 11.5 Å². The highest BCUT2D eigenvalue weighted by atomic mass is 31.2. The molecular weight excluding hydrogens is 554 g/mol. The molecule has 0 aliphatic heterocycles. The van der Waals surface area contributed by atoms with E-state index in [1.807, 2.05) is 84.9 Å². The van der Waals surface area contributed by atoms with Crippen LogP contribution >= 0.6 is 15.3 Å². The SMILES string of the molecule is C=CCNP(=O)(Nc1ccccc1)Oc1ccc(Cc2ccc(OP(=O)(NCC=C)Nc3ccccc3)cc2)cc1. The van der Waals surface area contributed by atoms with Crippen molar-refractivity contribution >= 4 is 26.7 Å². The van der Waals surface area contributed by atoms with Crippen molar-refractivity contribution in [3.63, 3.8) is 0 Å². The predicted octanol–water partition coefficient (Wildman–Crippen LogP) is 8.03. The molecule has 4 N–H and O–H groups in total. The van der Waals surface area contributed by atoms with E-state index < -0.39 is 15.3 Å². The first kappa shape index (κ1) is 29.9. The number of nitrogens with one attached hydrogen (secondary N) is 4. The zero-order valence-corrected chi connectivity index (χ0v) is 24.4. The van der Waals surface area contributed by atoms with Gasteiger partial charge in [0.15, 0.2) is 0 Å². The molecular formula is C31H34N4O4P2. The van der Waals surface area contributed by atoms with E-state index in [1.54, 1.807) is 36.4 Å². The summed E-state index contributed by atoms with van der Waals surface area (Å²) in [6.45, 7) is 8.00. The summed E-state index contributed by atoms with van der Waals surface area (Å²) in [5, 5.41) is 11.7. The van der Waals surface area contributed by atoms with Crippen LogP contribution in [0.25, 0.3) is 0 Å². The molecule has 0 saturated heterocycles. The molecule has 0 fully saturated rings. The summed E-state index contributed by atoms with van der Waals surface area (Å²) in [5.74, 6) is 0.934.